The van der Waals surface area contributed by atoms with Gasteiger partial charge in [-0.3, -0.25) is 0 Å². The molecule has 0 amide bonds. The van der Waals surface area contributed by atoms with Crippen molar-refractivity contribution in [3.63, 3.8) is 0 Å². The number of aliphatic hydroxyl groups is 2. The normalized spacial score (nSPS) is 25.2. The number of para-hydroxylation sites is 1. The fourth-order valence-electron chi connectivity index (χ4n) is 3.56. The first kappa shape index (κ1) is 18.7. The van der Waals surface area contributed by atoms with Crippen molar-refractivity contribution in [3.8, 4) is 11.5 Å². The second kappa shape index (κ2) is 8.54. The van der Waals surface area contributed by atoms with Crippen LogP contribution in [-0.4, -0.2) is 42.7 Å². The van der Waals surface area contributed by atoms with Gasteiger partial charge < -0.3 is 25.0 Å². The molecule has 0 aliphatic heterocycles. The molecule has 3 atom stereocenters. The maximum Gasteiger partial charge on any atom is 0.119 e. The van der Waals surface area contributed by atoms with Crippen molar-refractivity contribution in [3.05, 3.63) is 60.2 Å². The van der Waals surface area contributed by atoms with Crippen molar-refractivity contribution in [2.75, 3.05) is 20.3 Å². The van der Waals surface area contributed by atoms with E-state index in [1.54, 1.807) is 7.11 Å². The molecule has 0 saturated heterocycles. The summed E-state index contributed by atoms with van der Waals surface area (Å²) >= 11 is 0. The summed E-state index contributed by atoms with van der Waals surface area (Å²) < 4.78 is 11.2. The van der Waals surface area contributed by atoms with E-state index in [2.05, 4.69) is 5.32 Å². The molecule has 0 heterocycles. The molecule has 1 aliphatic carbocycles. The highest BCUT2D eigenvalue weighted by molar-refractivity contribution is 5.28. The summed E-state index contributed by atoms with van der Waals surface area (Å²) in [6.45, 7) is 1.80. The zero-order chi connectivity index (χ0) is 18.4. The molecule has 0 radical (unpaired) electrons. The fourth-order valence-corrected chi connectivity index (χ4v) is 3.56. The van der Waals surface area contributed by atoms with E-state index in [1.165, 1.54) is 0 Å². The predicted octanol–water partition coefficient (Wildman–Crippen LogP) is 2.37. The van der Waals surface area contributed by atoms with Crippen LogP contribution in [0.2, 0.25) is 0 Å². The van der Waals surface area contributed by atoms with Crippen LogP contribution in [0.4, 0.5) is 0 Å². The number of rotatable bonds is 8. The Bertz CT molecular complexity index is 681. The minimum absolute atomic E-state index is 0.298. The van der Waals surface area contributed by atoms with Crippen LogP contribution in [0.3, 0.4) is 0 Å². The molecule has 0 bridgehead atoms. The Morgan fingerprint density at radius 3 is 2.38 bits per heavy atom. The first-order valence-corrected chi connectivity index (χ1v) is 8.98. The lowest BCUT2D eigenvalue weighted by atomic mass is 9.86. The third-order valence-electron chi connectivity index (χ3n) is 4.98. The smallest absolute Gasteiger partial charge is 0.119 e. The van der Waals surface area contributed by atoms with Gasteiger partial charge in [0.2, 0.25) is 0 Å². The number of benzene rings is 2. The Morgan fingerprint density at radius 2 is 1.69 bits per heavy atom. The van der Waals surface area contributed by atoms with Gasteiger partial charge in [-0.05, 0) is 42.7 Å². The number of hydrogen-bond donors (Lipinski definition) is 3. The Balaban J connectivity index is 1.60. The second-order valence-corrected chi connectivity index (χ2v) is 7.10. The summed E-state index contributed by atoms with van der Waals surface area (Å²) in [7, 11) is 1.66. The van der Waals surface area contributed by atoms with E-state index < -0.39 is 12.2 Å². The van der Waals surface area contributed by atoms with Crippen molar-refractivity contribution < 1.29 is 19.7 Å². The molecule has 1 unspecified atom stereocenters. The van der Waals surface area contributed by atoms with Gasteiger partial charge in [-0.15, -0.1) is 0 Å². The van der Waals surface area contributed by atoms with Gasteiger partial charge in [0.1, 0.15) is 11.5 Å². The van der Waals surface area contributed by atoms with Gasteiger partial charge in [0, 0.05) is 18.5 Å². The first-order valence-electron chi connectivity index (χ1n) is 8.98. The molecule has 26 heavy (non-hydrogen) atoms. The number of nitrogens with one attached hydrogen (secondary N) is 1. The Morgan fingerprint density at radius 1 is 1.00 bits per heavy atom. The topological polar surface area (TPSA) is 71.0 Å². The van der Waals surface area contributed by atoms with Gasteiger partial charge in [-0.1, -0.05) is 30.3 Å². The number of aliphatic hydroxyl groups excluding tert-OH is 2. The van der Waals surface area contributed by atoms with Crippen molar-refractivity contribution in [1.82, 2.24) is 5.32 Å². The summed E-state index contributed by atoms with van der Waals surface area (Å²) in [6, 6.07) is 17.6. The minimum atomic E-state index is -0.701. The van der Waals surface area contributed by atoms with E-state index in [1.807, 2.05) is 54.6 Å². The average molecular weight is 357 g/mol. The van der Waals surface area contributed by atoms with Gasteiger partial charge in [-0.2, -0.15) is 0 Å². The van der Waals surface area contributed by atoms with Crippen LogP contribution < -0.4 is 14.8 Å². The maximum absolute atomic E-state index is 10.1. The van der Waals surface area contributed by atoms with Crippen LogP contribution in [0.25, 0.3) is 0 Å². The second-order valence-electron chi connectivity index (χ2n) is 7.10. The summed E-state index contributed by atoms with van der Waals surface area (Å²) in [4.78, 5) is 0. The van der Waals surface area contributed by atoms with Crippen LogP contribution in [0.15, 0.2) is 54.6 Å². The monoisotopic (exact) mass is 357 g/mol. The van der Waals surface area contributed by atoms with Crippen LogP contribution in [-0.2, 0) is 6.54 Å². The van der Waals surface area contributed by atoms with Crippen LogP contribution in [0, 0.1) is 5.41 Å². The molecule has 1 fully saturated rings. The van der Waals surface area contributed by atoms with Crippen molar-refractivity contribution in [1.29, 1.82) is 0 Å². The standard InChI is InChI=1S/C21H27NO4/c1-25-18-9-5-6-16(10-18)13-22-14-21(11-19(23)20(24)12-21)15-26-17-7-3-2-4-8-17/h2-10,19-20,22-24H,11-15H2,1H3/t19-,20+,21?. The molecule has 0 spiro atoms. The molecule has 2 aromatic rings. The Labute approximate surface area is 154 Å². The minimum Gasteiger partial charge on any atom is -0.497 e. The third-order valence-corrected chi connectivity index (χ3v) is 4.98. The fraction of sp³-hybridized carbons (Fsp3) is 0.429. The lowest BCUT2D eigenvalue weighted by Crippen LogP contribution is -2.37. The van der Waals surface area contributed by atoms with Gasteiger partial charge in [-0.25, -0.2) is 0 Å². The molecule has 140 valence electrons. The van der Waals surface area contributed by atoms with E-state index in [4.69, 9.17) is 9.47 Å². The molecular formula is C21H27NO4. The third kappa shape index (κ3) is 4.75. The first-order chi connectivity index (χ1) is 12.6. The van der Waals surface area contributed by atoms with Gasteiger partial charge in [0.15, 0.2) is 0 Å². The van der Waals surface area contributed by atoms with E-state index in [9.17, 15) is 10.2 Å². The van der Waals surface area contributed by atoms with Crippen molar-refractivity contribution in [2.24, 2.45) is 5.41 Å². The van der Waals surface area contributed by atoms with E-state index in [0.29, 0.717) is 32.5 Å². The van der Waals surface area contributed by atoms with Gasteiger partial charge in [0.25, 0.3) is 0 Å². The summed E-state index contributed by atoms with van der Waals surface area (Å²) in [5.74, 6) is 1.63. The van der Waals surface area contributed by atoms with Crippen LogP contribution >= 0.6 is 0 Å². The quantitative estimate of drug-likeness (QED) is 0.677. The summed E-state index contributed by atoms with van der Waals surface area (Å²) in [5, 5.41) is 23.6. The Hall–Kier alpha value is -2.08. The van der Waals surface area contributed by atoms with Gasteiger partial charge >= 0.3 is 0 Å². The SMILES string of the molecule is COc1cccc(CNCC2(COc3ccccc3)C[C@@H](O)[C@@H](O)C2)c1. The van der Waals surface area contributed by atoms with Crippen molar-refractivity contribution >= 4 is 0 Å². The molecule has 5 nitrogen and oxygen atoms in total. The van der Waals surface area contributed by atoms with Crippen molar-refractivity contribution in [2.45, 2.75) is 31.6 Å². The molecule has 1 aliphatic rings. The molecule has 1 saturated carbocycles. The molecule has 5 heteroatoms. The zero-order valence-electron chi connectivity index (χ0n) is 15.1. The highest BCUT2D eigenvalue weighted by Crippen LogP contribution is 2.38. The predicted molar refractivity (Wildman–Crippen MR) is 100 cm³/mol. The largest absolute Gasteiger partial charge is 0.497 e. The van der Waals surface area contributed by atoms with Crippen LogP contribution in [0.1, 0.15) is 18.4 Å². The lowest BCUT2D eigenvalue weighted by Gasteiger charge is -2.29. The van der Waals surface area contributed by atoms with Crippen LogP contribution in [0.5, 0.6) is 11.5 Å². The number of ether oxygens (including phenoxy) is 2. The van der Waals surface area contributed by atoms with E-state index >= 15 is 0 Å². The molecule has 2 aromatic carbocycles. The molecule has 0 aromatic heterocycles. The molecule has 3 N–H and O–H groups in total. The number of hydrogen-bond acceptors (Lipinski definition) is 5. The number of methoxy groups -OCH3 is 1. The van der Waals surface area contributed by atoms with E-state index in [0.717, 1.165) is 17.1 Å². The molecule has 3 rings (SSSR count). The maximum atomic E-state index is 10.1. The van der Waals surface area contributed by atoms with Gasteiger partial charge in [0.05, 0.1) is 25.9 Å². The Kier molecular flexibility index (Phi) is 6.14. The summed E-state index contributed by atoms with van der Waals surface area (Å²) in [5.41, 5.74) is 0.829. The lowest BCUT2D eigenvalue weighted by molar-refractivity contribution is 0.0438. The van der Waals surface area contributed by atoms with E-state index in [-0.39, 0.29) is 5.41 Å². The molecular weight excluding hydrogens is 330 g/mol. The zero-order valence-corrected chi connectivity index (χ0v) is 15.1. The highest BCUT2D eigenvalue weighted by atomic mass is 16.5. The summed E-state index contributed by atoms with van der Waals surface area (Å²) in [6.07, 6.45) is -0.362. The highest BCUT2D eigenvalue weighted by Gasteiger charge is 2.44. The average Bonchev–Trinajstić information content (AvgIpc) is 2.95.